The van der Waals surface area contributed by atoms with Gasteiger partial charge in [-0.05, 0) is 52.0 Å². The Morgan fingerprint density at radius 3 is 2.86 bits per heavy atom. The van der Waals surface area contributed by atoms with E-state index in [1.165, 1.54) is 32.4 Å². The fourth-order valence-electron chi connectivity index (χ4n) is 3.81. The monoisotopic (exact) mass is 291 g/mol. The van der Waals surface area contributed by atoms with Crippen LogP contribution in [0.2, 0.25) is 0 Å². The average Bonchev–Trinajstić information content (AvgIpc) is 2.84. The predicted octanol–water partition coefficient (Wildman–Crippen LogP) is 2.26. The van der Waals surface area contributed by atoms with E-state index in [2.05, 4.69) is 15.1 Å². The van der Waals surface area contributed by atoms with Crippen molar-refractivity contribution < 1.29 is 4.39 Å². The molecule has 116 valence electrons. The van der Waals surface area contributed by atoms with E-state index in [4.69, 9.17) is 0 Å². The highest BCUT2D eigenvalue weighted by molar-refractivity contribution is 5.21. The SMILES string of the molecule is CNC(CN1CCCN2CCCC2C1)c1ccccc1F. The van der Waals surface area contributed by atoms with E-state index < -0.39 is 0 Å². The summed E-state index contributed by atoms with van der Waals surface area (Å²) in [6, 6.07) is 7.92. The van der Waals surface area contributed by atoms with Crippen molar-refractivity contribution in [2.45, 2.75) is 31.3 Å². The molecule has 2 atom stereocenters. The van der Waals surface area contributed by atoms with Crippen LogP contribution in [0.15, 0.2) is 24.3 Å². The highest BCUT2D eigenvalue weighted by atomic mass is 19.1. The number of hydrogen-bond acceptors (Lipinski definition) is 3. The van der Waals surface area contributed by atoms with Gasteiger partial charge in [-0.1, -0.05) is 18.2 Å². The second-order valence-electron chi connectivity index (χ2n) is 6.31. The molecule has 1 N–H and O–H groups in total. The number of hydrogen-bond donors (Lipinski definition) is 1. The summed E-state index contributed by atoms with van der Waals surface area (Å²) in [6.45, 7) is 5.64. The molecular weight excluding hydrogens is 265 g/mol. The van der Waals surface area contributed by atoms with Crippen molar-refractivity contribution in [1.29, 1.82) is 0 Å². The normalized spacial score (nSPS) is 25.5. The summed E-state index contributed by atoms with van der Waals surface area (Å²) < 4.78 is 14.0. The van der Waals surface area contributed by atoms with Crippen molar-refractivity contribution in [2.75, 3.05) is 39.8 Å². The summed E-state index contributed by atoms with van der Waals surface area (Å²) in [5.41, 5.74) is 0.785. The molecule has 4 heteroatoms. The third kappa shape index (κ3) is 3.44. The van der Waals surface area contributed by atoms with Gasteiger partial charge in [0.05, 0.1) is 0 Å². The predicted molar refractivity (Wildman–Crippen MR) is 83.9 cm³/mol. The van der Waals surface area contributed by atoms with E-state index in [1.54, 1.807) is 12.1 Å². The highest BCUT2D eigenvalue weighted by Crippen LogP contribution is 2.23. The molecule has 2 aliphatic rings. The molecule has 0 aliphatic carbocycles. The van der Waals surface area contributed by atoms with Crippen molar-refractivity contribution in [3.8, 4) is 0 Å². The largest absolute Gasteiger partial charge is 0.312 e. The van der Waals surface area contributed by atoms with E-state index in [0.717, 1.165) is 25.2 Å². The summed E-state index contributed by atoms with van der Waals surface area (Å²) in [6.07, 6.45) is 3.88. The number of fused-ring (bicyclic) bond motifs is 1. The van der Waals surface area contributed by atoms with Gasteiger partial charge in [0.15, 0.2) is 0 Å². The molecule has 0 spiro atoms. The first kappa shape index (κ1) is 14.9. The smallest absolute Gasteiger partial charge is 0.128 e. The first-order valence-electron chi connectivity index (χ1n) is 8.16. The van der Waals surface area contributed by atoms with Gasteiger partial charge >= 0.3 is 0 Å². The first-order chi connectivity index (χ1) is 10.3. The summed E-state index contributed by atoms with van der Waals surface area (Å²) >= 11 is 0. The van der Waals surface area contributed by atoms with Crippen LogP contribution >= 0.6 is 0 Å². The molecule has 2 unspecified atom stereocenters. The zero-order valence-electron chi connectivity index (χ0n) is 12.9. The Balaban J connectivity index is 1.67. The number of nitrogens with one attached hydrogen (secondary N) is 1. The van der Waals surface area contributed by atoms with Gasteiger partial charge in [0.25, 0.3) is 0 Å². The molecule has 1 aromatic carbocycles. The summed E-state index contributed by atoms with van der Waals surface area (Å²) in [5.74, 6) is -0.103. The van der Waals surface area contributed by atoms with Crippen LogP contribution < -0.4 is 5.32 Å². The Morgan fingerprint density at radius 2 is 2.05 bits per heavy atom. The topological polar surface area (TPSA) is 18.5 Å². The molecule has 0 saturated carbocycles. The lowest BCUT2D eigenvalue weighted by atomic mass is 10.1. The lowest BCUT2D eigenvalue weighted by Crippen LogP contribution is -2.40. The number of benzene rings is 1. The van der Waals surface area contributed by atoms with Crippen LogP contribution in [0.5, 0.6) is 0 Å². The number of rotatable bonds is 4. The molecule has 3 rings (SSSR count). The summed E-state index contributed by atoms with van der Waals surface area (Å²) in [4.78, 5) is 5.15. The van der Waals surface area contributed by atoms with Gasteiger partial charge in [-0.25, -0.2) is 4.39 Å². The molecule has 1 aromatic rings. The average molecular weight is 291 g/mol. The molecule has 0 radical (unpaired) electrons. The van der Waals surface area contributed by atoms with Crippen molar-refractivity contribution >= 4 is 0 Å². The molecule has 0 amide bonds. The molecule has 3 nitrogen and oxygen atoms in total. The lowest BCUT2D eigenvalue weighted by molar-refractivity contribution is 0.206. The van der Waals surface area contributed by atoms with Gasteiger partial charge in [0, 0.05) is 30.7 Å². The maximum atomic E-state index is 14.0. The van der Waals surface area contributed by atoms with E-state index in [9.17, 15) is 4.39 Å². The van der Waals surface area contributed by atoms with Crippen LogP contribution in [-0.4, -0.2) is 55.6 Å². The zero-order chi connectivity index (χ0) is 14.7. The first-order valence-corrected chi connectivity index (χ1v) is 8.16. The van der Waals surface area contributed by atoms with Crippen LogP contribution in [0.3, 0.4) is 0 Å². The van der Waals surface area contributed by atoms with Crippen molar-refractivity contribution in [3.63, 3.8) is 0 Å². The number of halogens is 1. The molecule has 21 heavy (non-hydrogen) atoms. The Hall–Kier alpha value is -0.970. The van der Waals surface area contributed by atoms with E-state index in [-0.39, 0.29) is 11.9 Å². The molecule has 2 aliphatic heterocycles. The van der Waals surface area contributed by atoms with Crippen LogP contribution in [0.25, 0.3) is 0 Å². The maximum absolute atomic E-state index is 14.0. The van der Waals surface area contributed by atoms with E-state index in [0.29, 0.717) is 6.04 Å². The minimum absolute atomic E-state index is 0.0687. The summed E-state index contributed by atoms with van der Waals surface area (Å²) in [7, 11) is 1.93. The van der Waals surface area contributed by atoms with Gasteiger partial charge in [-0.15, -0.1) is 0 Å². The Morgan fingerprint density at radius 1 is 1.24 bits per heavy atom. The van der Waals surface area contributed by atoms with Gasteiger partial charge in [0.1, 0.15) is 5.82 Å². The van der Waals surface area contributed by atoms with Gasteiger partial charge < -0.3 is 5.32 Å². The van der Waals surface area contributed by atoms with Crippen LogP contribution in [-0.2, 0) is 0 Å². The molecule has 0 bridgehead atoms. The van der Waals surface area contributed by atoms with Crippen molar-refractivity contribution in [2.24, 2.45) is 0 Å². The van der Waals surface area contributed by atoms with Crippen LogP contribution in [0.4, 0.5) is 4.39 Å². The fourth-order valence-corrected chi connectivity index (χ4v) is 3.81. The van der Waals surface area contributed by atoms with E-state index in [1.807, 2.05) is 19.2 Å². The second kappa shape index (κ2) is 6.86. The van der Waals surface area contributed by atoms with Crippen molar-refractivity contribution in [1.82, 2.24) is 15.1 Å². The maximum Gasteiger partial charge on any atom is 0.128 e. The minimum atomic E-state index is -0.103. The molecular formula is C17H26FN3. The third-order valence-electron chi connectivity index (χ3n) is 4.96. The lowest BCUT2D eigenvalue weighted by Gasteiger charge is -2.29. The third-order valence-corrected chi connectivity index (χ3v) is 4.96. The fraction of sp³-hybridized carbons (Fsp3) is 0.647. The van der Waals surface area contributed by atoms with E-state index >= 15 is 0 Å². The second-order valence-corrected chi connectivity index (χ2v) is 6.31. The van der Waals surface area contributed by atoms with Crippen molar-refractivity contribution in [3.05, 3.63) is 35.6 Å². The minimum Gasteiger partial charge on any atom is -0.312 e. The zero-order valence-corrected chi connectivity index (χ0v) is 12.9. The molecule has 0 aromatic heterocycles. The molecule has 2 heterocycles. The summed E-state index contributed by atoms with van der Waals surface area (Å²) in [5, 5.41) is 3.29. The van der Waals surface area contributed by atoms with Gasteiger partial charge in [0.2, 0.25) is 0 Å². The highest BCUT2D eigenvalue weighted by Gasteiger charge is 2.29. The quantitative estimate of drug-likeness (QED) is 0.918. The molecule has 2 saturated heterocycles. The van der Waals surface area contributed by atoms with Crippen LogP contribution in [0.1, 0.15) is 30.9 Å². The Kier molecular flexibility index (Phi) is 4.88. The van der Waals surface area contributed by atoms with Crippen LogP contribution in [0, 0.1) is 5.82 Å². The standard InChI is InChI=1S/C17H26FN3/c1-19-17(15-7-2-3-8-16(15)18)13-20-9-5-11-21-10-4-6-14(21)12-20/h2-3,7-8,14,17,19H,4-6,9-13H2,1H3. The van der Waals surface area contributed by atoms with Gasteiger partial charge in [-0.3, -0.25) is 9.80 Å². The van der Waals surface area contributed by atoms with Gasteiger partial charge in [-0.2, -0.15) is 0 Å². The number of nitrogens with zero attached hydrogens (tertiary/aromatic N) is 2. The Labute approximate surface area is 127 Å². The molecule has 2 fully saturated rings. The number of likely N-dealkylation sites (N-methyl/N-ethyl adjacent to an activating group) is 1. The Bertz CT molecular complexity index is 465.